The van der Waals surface area contributed by atoms with Crippen molar-refractivity contribution in [2.45, 2.75) is 58.4 Å². The van der Waals surface area contributed by atoms with Gasteiger partial charge in [0.1, 0.15) is 0 Å². The maximum Gasteiger partial charge on any atom is 0.490 e. The van der Waals surface area contributed by atoms with Crippen LogP contribution in [-0.4, -0.2) is 61.9 Å². The van der Waals surface area contributed by atoms with Gasteiger partial charge in [-0.3, -0.25) is 14.4 Å². The number of hydrogen-bond acceptors (Lipinski definition) is 4. The average molecular weight is 390 g/mol. The van der Waals surface area contributed by atoms with Crippen LogP contribution in [0.1, 0.15) is 54.9 Å². The molecule has 1 aromatic rings. The van der Waals surface area contributed by atoms with E-state index in [0.717, 1.165) is 51.0 Å². The minimum Gasteiger partial charge on any atom is -0.475 e. The topological polar surface area (TPSA) is 78.7 Å². The zero-order valence-electron chi connectivity index (χ0n) is 15.7. The fraction of sp³-hybridized carbons (Fsp3) is 0.706. The van der Waals surface area contributed by atoms with Crippen LogP contribution in [0.25, 0.3) is 0 Å². The number of halogens is 3. The molecule has 0 saturated carbocycles. The summed E-state index contributed by atoms with van der Waals surface area (Å²) in [6.45, 7) is 8.02. The van der Waals surface area contributed by atoms with E-state index in [2.05, 4.69) is 23.8 Å². The molecule has 2 aliphatic rings. The first kappa shape index (κ1) is 21.2. The van der Waals surface area contributed by atoms with Crippen molar-refractivity contribution < 1.29 is 27.9 Å². The lowest BCUT2D eigenvalue weighted by Gasteiger charge is -2.22. The lowest BCUT2D eigenvalue weighted by atomic mass is 10.2. The van der Waals surface area contributed by atoms with E-state index in [-0.39, 0.29) is 5.91 Å². The number of carboxylic acid groups (broad SMARTS) is 1. The molecule has 1 aromatic heterocycles. The summed E-state index contributed by atoms with van der Waals surface area (Å²) >= 11 is 0. The minimum absolute atomic E-state index is 0.130. The van der Waals surface area contributed by atoms with Gasteiger partial charge in [-0.2, -0.15) is 18.3 Å². The second kappa shape index (κ2) is 8.28. The molecule has 1 amide bonds. The van der Waals surface area contributed by atoms with E-state index in [9.17, 15) is 18.0 Å². The Balaban J connectivity index is 0.000000321. The summed E-state index contributed by atoms with van der Waals surface area (Å²) in [7, 11) is 1.96. The molecule has 7 nitrogen and oxygen atoms in total. The van der Waals surface area contributed by atoms with Gasteiger partial charge in [0.05, 0.1) is 5.69 Å². The second-order valence-electron chi connectivity index (χ2n) is 6.86. The maximum absolute atomic E-state index is 12.6. The number of likely N-dealkylation sites (tertiary alicyclic amines) is 1. The van der Waals surface area contributed by atoms with Gasteiger partial charge in [0.15, 0.2) is 5.69 Å². The number of hydrogen-bond donors (Lipinski definition) is 1. The molecule has 1 atom stereocenters. The number of carbonyl (C=O) groups is 2. The Bertz CT molecular complexity index is 696. The zero-order chi connectivity index (χ0) is 20.4. The monoisotopic (exact) mass is 390 g/mol. The molecule has 1 N–H and O–H groups in total. The standard InChI is InChI=1S/C15H24N4O.C2HF3O2/c1-4-11(2)19-9-12-13(10-19)17(3)16-14(12)15(20)18-7-5-6-8-18;3-2(4,5)1(6)7/h11H,4-10H2,1-3H3;(H,6,7). The van der Waals surface area contributed by atoms with Crippen LogP contribution in [0.4, 0.5) is 13.2 Å². The third kappa shape index (κ3) is 4.79. The minimum atomic E-state index is -5.08. The third-order valence-corrected chi connectivity index (χ3v) is 5.04. The van der Waals surface area contributed by atoms with Crippen molar-refractivity contribution in [3.63, 3.8) is 0 Å². The number of aryl methyl sites for hydroxylation is 1. The fourth-order valence-electron chi connectivity index (χ4n) is 3.23. The van der Waals surface area contributed by atoms with Gasteiger partial charge in [0, 0.05) is 44.8 Å². The van der Waals surface area contributed by atoms with Crippen molar-refractivity contribution in [3.05, 3.63) is 17.0 Å². The number of rotatable bonds is 3. The summed E-state index contributed by atoms with van der Waals surface area (Å²) in [5.74, 6) is -2.63. The predicted molar refractivity (Wildman–Crippen MR) is 91.0 cm³/mol. The number of amides is 1. The van der Waals surface area contributed by atoms with Gasteiger partial charge < -0.3 is 10.0 Å². The second-order valence-corrected chi connectivity index (χ2v) is 6.86. The van der Waals surface area contributed by atoms with Crippen LogP contribution in [0.3, 0.4) is 0 Å². The maximum atomic E-state index is 12.6. The van der Waals surface area contributed by atoms with Gasteiger partial charge in [0.25, 0.3) is 5.91 Å². The number of alkyl halides is 3. The first-order chi connectivity index (χ1) is 12.6. The SMILES string of the molecule is CCC(C)N1Cc2c(C(=O)N3CCCC3)nn(C)c2C1.O=C(O)C(F)(F)F. The Labute approximate surface area is 155 Å². The summed E-state index contributed by atoms with van der Waals surface area (Å²) in [4.78, 5) is 25.9. The number of aromatic nitrogens is 2. The molecule has 3 heterocycles. The van der Waals surface area contributed by atoms with E-state index in [0.29, 0.717) is 11.7 Å². The summed E-state index contributed by atoms with van der Waals surface area (Å²) in [6.07, 6.45) is -1.70. The first-order valence-corrected chi connectivity index (χ1v) is 8.94. The molecule has 27 heavy (non-hydrogen) atoms. The highest BCUT2D eigenvalue weighted by atomic mass is 19.4. The molecular formula is C17H25F3N4O3. The molecule has 0 radical (unpaired) electrons. The van der Waals surface area contributed by atoms with Crippen molar-refractivity contribution in [1.29, 1.82) is 0 Å². The van der Waals surface area contributed by atoms with Gasteiger partial charge in [-0.25, -0.2) is 4.79 Å². The fourth-order valence-corrected chi connectivity index (χ4v) is 3.23. The van der Waals surface area contributed by atoms with E-state index in [1.165, 1.54) is 5.69 Å². The van der Waals surface area contributed by atoms with E-state index in [1.807, 2.05) is 16.6 Å². The predicted octanol–water partition coefficient (Wildman–Crippen LogP) is 2.40. The molecule has 1 unspecified atom stereocenters. The summed E-state index contributed by atoms with van der Waals surface area (Å²) < 4.78 is 33.6. The van der Waals surface area contributed by atoms with Crippen LogP contribution in [-0.2, 0) is 24.9 Å². The lowest BCUT2D eigenvalue weighted by Crippen LogP contribution is -2.31. The highest BCUT2D eigenvalue weighted by Crippen LogP contribution is 2.29. The van der Waals surface area contributed by atoms with Gasteiger partial charge in [-0.05, 0) is 26.2 Å². The van der Waals surface area contributed by atoms with E-state index in [4.69, 9.17) is 9.90 Å². The molecule has 152 valence electrons. The van der Waals surface area contributed by atoms with E-state index >= 15 is 0 Å². The van der Waals surface area contributed by atoms with Crippen LogP contribution in [0.15, 0.2) is 0 Å². The molecule has 0 bridgehead atoms. The largest absolute Gasteiger partial charge is 0.490 e. The zero-order valence-corrected chi connectivity index (χ0v) is 15.7. The Morgan fingerprint density at radius 2 is 1.78 bits per heavy atom. The molecule has 0 aliphatic carbocycles. The molecule has 0 aromatic carbocycles. The highest BCUT2D eigenvalue weighted by molar-refractivity contribution is 5.94. The quantitative estimate of drug-likeness (QED) is 0.858. The Morgan fingerprint density at radius 1 is 1.22 bits per heavy atom. The molecule has 10 heteroatoms. The normalized spacial score (nSPS) is 18.1. The molecule has 1 fully saturated rings. The van der Waals surface area contributed by atoms with Gasteiger partial charge in [-0.15, -0.1) is 0 Å². The lowest BCUT2D eigenvalue weighted by molar-refractivity contribution is -0.192. The van der Waals surface area contributed by atoms with E-state index < -0.39 is 12.1 Å². The van der Waals surface area contributed by atoms with Crippen LogP contribution in [0, 0.1) is 0 Å². The van der Waals surface area contributed by atoms with Crippen LogP contribution in [0.2, 0.25) is 0 Å². The smallest absolute Gasteiger partial charge is 0.475 e. The number of nitrogens with zero attached hydrogens (tertiary/aromatic N) is 4. The van der Waals surface area contributed by atoms with Crippen molar-refractivity contribution in [2.24, 2.45) is 7.05 Å². The molecule has 1 saturated heterocycles. The number of aliphatic carboxylic acids is 1. The Hall–Kier alpha value is -2.10. The third-order valence-electron chi connectivity index (χ3n) is 5.04. The Kier molecular flexibility index (Phi) is 6.50. The van der Waals surface area contributed by atoms with Crippen LogP contribution < -0.4 is 0 Å². The average Bonchev–Trinajstić information content (AvgIpc) is 3.31. The van der Waals surface area contributed by atoms with Crippen molar-refractivity contribution in [1.82, 2.24) is 19.6 Å². The van der Waals surface area contributed by atoms with Crippen molar-refractivity contribution >= 4 is 11.9 Å². The van der Waals surface area contributed by atoms with E-state index in [1.54, 1.807) is 0 Å². The number of carboxylic acids is 1. The molecule has 2 aliphatic heterocycles. The summed E-state index contributed by atoms with van der Waals surface area (Å²) in [5, 5.41) is 11.6. The first-order valence-electron chi connectivity index (χ1n) is 8.94. The molecular weight excluding hydrogens is 365 g/mol. The van der Waals surface area contributed by atoms with Gasteiger partial charge in [0.2, 0.25) is 0 Å². The van der Waals surface area contributed by atoms with Gasteiger partial charge >= 0.3 is 12.1 Å². The van der Waals surface area contributed by atoms with Crippen molar-refractivity contribution in [3.8, 4) is 0 Å². The summed E-state index contributed by atoms with van der Waals surface area (Å²) in [5.41, 5.74) is 3.06. The number of carbonyl (C=O) groups excluding carboxylic acids is 1. The number of fused-ring (bicyclic) bond motifs is 1. The van der Waals surface area contributed by atoms with Crippen LogP contribution >= 0.6 is 0 Å². The summed E-state index contributed by atoms with van der Waals surface area (Å²) in [6, 6.07) is 0.553. The highest BCUT2D eigenvalue weighted by Gasteiger charge is 2.38. The Morgan fingerprint density at radius 3 is 2.26 bits per heavy atom. The molecule has 3 rings (SSSR count). The van der Waals surface area contributed by atoms with Crippen LogP contribution in [0.5, 0.6) is 0 Å². The molecule has 0 spiro atoms. The van der Waals surface area contributed by atoms with Crippen molar-refractivity contribution in [2.75, 3.05) is 13.1 Å². The van der Waals surface area contributed by atoms with Gasteiger partial charge in [-0.1, -0.05) is 6.92 Å².